The number of amides is 1. The molecule has 0 saturated heterocycles. The molecular weight excluding hydrogens is 348 g/mol. The minimum absolute atomic E-state index is 0.188. The van der Waals surface area contributed by atoms with E-state index in [1.54, 1.807) is 11.4 Å². The van der Waals surface area contributed by atoms with Gasteiger partial charge in [-0.15, -0.1) is 11.3 Å². The van der Waals surface area contributed by atoms with Crippen LogP contribution in [0.15, 0.2) is 28.7 Å². The molecule has 0 aromatic carbocycles. The summed E-state index contributed by atoms with van der Waals surface area (Å²) in [4.78, 5) is 21.7. The Morgan fingerprint density at radius 2 is 2.04 bits per heavy atom. The predicted molar refractivity (Wildman–Crippen MR) is 90.5 cm³/mol. The van der Waals surface area contributed by atoms with Crippen molar-refractivity contribution in [2.45, 2.75) is 30.7 Å². The fourth-order valence-corrected chi connectivity index (χ4v) is 5.19. The first-order valence-electron chi connectivity index (χ1n) is 7.47. The largest absolute Gasteiger partial charge is 0.343 e. The molecule has 9 heteroatoms. The SMILES string of the molecule is CC(C)c1ncc(C(=O)N[C@@H]2CN(C)S(=O)(=O)c3ccsc32)cn1. The Morgan fingerprint density at radius 3 is 2.67 bits per heavy atom. The van der Waals surface area contributed by atoms with Gasteiger partial charge in [0.1, 0.15) is 5.82 Å². The standard InChI is InChI=1S/C15H18N4O3S2/c1-9(2)14-16-6-10(7-17-14)15(20)18-11-8-19(3)24(21,22)12-4-5-23-13(11)12/h4-7,9,11H,8H2,1-3H3,(H,18,20)/t11-/m1/s1. The maximum Gasteiger partial charge on any atom is 0.254 e. The van der Waals surface area contributed by atoms with Crippen LogP contribution in [0.3, 0.4) is 0 Å². The highest BCUT2D eigenvalue weighted by Crippen LogP contribution is 2.35. The average molecular weight is 366 g/mol. The number of hydrogen-bond donors (Lipinski definition) is 1. The molecule has 0 radical (unpaired) electrons. The number of sulfonamides is 1. The second-order valence-electron chi connectivity index (χ2n) is 5.95. The van der Waals surface area contributed by atoms with E-state index < -0.39 is 10.0 Å². The summed E-state index contributed by atoms with van der Waals surface area (Å²) in [6.07, 6.45) is 2.99. The highest BCUT2D eigenvalue weighted by atomic mass is 32.2. The molecule has 0 spiro atoms. The first kappa shape index (κ1) is 17.0. The molecule has 0 saturated carbocycles. The summed E-state index contributed by atoms with van der Waals surface area (Å²) in [7, 11) is -1.95. The number of nitrogens with one attached hydrogen (secondary N) is 1. The Balaban J connectivity index is 1.83. The van der Waals surface area contributed by atoms with Crippen LogP contribution in [0.4, 0.5) is 0 Å². The number of aromatic nitrogens is 2. The van der Waals surface area contributed by atoms with Crippen molar-refractivity contribution in [3.8, 4) is 0 Å². The Kier molecular flexibility index (Phi) is 4.41. The molecule has 1 amide bonds. The van der Waals surface area contributed by atoms with Gasteiger partial charge in [-0.05, 0) is 11.4 Å². The molecule has 0 fully saturated rings. The van der Waals surface area contributed by atoms with Crippen molar-refractivity contribution in [3.05, 3.63) is 40.1 Å². The monoisotopic (exact) mass is 366 g/mol. The summed E-state index contributed by atoms with van der Waals surface area (Å²) in [5.74, 6) is 0.547. The van der Waals surface area contributed by atoms with Crippen LogP contribution in [0.2, 0.25) is 0 Å². The van der Waals surface area contributed by atoms with Crippen LogP contribution in [0.25, 0.3) is 0 Å². The van der Waals surface area contributed by atoms with Gasteiger partial charge in [-0.25, -0.2) is 18.4 Å². The summed E-state index contributed by atoms with van der Waals surface area (Å²) in [6.45, 7) is 4.16. The number of hydrogen-bond acceptors (Lipinski definition) is 6. The van der Waals surface area contributed by atoms with Gasteiger partial charge >= 0.3 is 0 Å². The molecule has 24 heavy (non-hydrogen) atoms. The van der Waals surface area contributed by atoms with Crippen molar-refractivity contribution in [2.75, 3.05) is 13.6 Å². The van der Waals surface area contributed by atoms with E-state index in [0.29, 0.717) is 16.3 Å². The molecule has 7 nitrogen and oxygen atoms in total. The van der Waals surface area contributed by atoms with Gasteiger partial charge in [-0.3, -0.25) is 4.79 Å². The molecule has 1 aliphatic rings. The lowest BCUT2D eigenvalue weighted by Gasteiger charge is -2.29. The molecule has 0 aliphatic carbocycles. The van der Waals surface area contributed by atoms with Gasteiger partial charge in [-0.2, -0.15) is 4.31 Å². The lowest BCUT2D eigenvalue weighted by atomic mass is 10.2. The number of carbonyl (C=O) groups excluding carboxylic acids is 1. The molecule has 3 rings (SSSR count). The second-order valence-corrected chi connectivity index (χ2v) is 8.91. The van der Waals surface area contributed by atoms with Crippen LogP contribution < -0.4 is 5.32 Å². The minimum atomic E-state index is -3.46. The molecule has 0 unspecified atom stereocenters. The Labute approximate surface area is 144 Å². The van der Waals surface area contributed by atoms with E-state index in [1.165, 1.54) is 35.1 Å². The molecule has 1 aliphatic heterocycles. The Bertz CT molecular complexity index is 859. The third-order valence-electron chi connectivity index (χ3n) is 3.86. The Morgan fingerprint density at radius 1 is 1.38 bits per heavy atom. The number of nitrogens with zero attached hydrogens (tertiary/aromatic N) is 3. The van der Waals surface area contributed by atoms with E-state index in [9.17, 15) is 13.2 Å². The molecule has 2 aromatic rings. The van der Waals surface area contributed by atoms with Crippen molar-refractivity contribution >= 4 is 27.3 Å². The molecule has 1 N–H and O–H groups in total. The van der Waals surface area contributed by atoms with Crippen molar-refractivity contribution in [2.24, 2.45) is 0 Å². The summed E-state index contributed by atoms with van der Waals surface area (Å²) in [5, 5.41) is 4.60. The van der Waals surface area contributed by atoms with Gasteiger partial charge in [0.2, 0.25) is 10.0 Å². The highest BCUT2D eigenvalue weighted by molar-refractivity contribution is 7.89. The van der Waals surface area contributed by atoms with Crippen molar-refractivity contribution < 1.29 is 13.2 Å². The molecule has 1 atom stereocenters. The summed E-state index contributed by atoms with van der Waals surface area (Å²) >= 11 is 1.33. The Hall–Kier alpha value is -1.84. The van der Waals surface area contributed by atoms with E-state index in [-0.39, 0.29) is 29.3 Å². The van der Waals surface area contributed by atoms with E-state index >= 15 is 0 Å². The van der Waals surface area contributed by atoms with Gasteiger partial charge in [0, 0.05) is 36.8 Å². The smallest absolute Gasteiger partial charge is 0.254 e. The van der Waals surface area contributed by atoms with Gasteiger partial charge in [-0.1, -0.05) is 13.8 Å². The summed E-state index contributed by atoms with van der Waals surface area (Å²) in [5.41, 5.74) is 0.355. The van der Waals surface area contributed by atoms with Crippen LogP contribution >= 0.6 is 11.3 Å². The number of likely N-dealkylation sites (N-methyl/N-ethyl adjacent to an activating group) is 1. The van der Waals surface area contributed by atoms with E-state index in [2.05, 4.69) is 15.3 Å². The minimum Gasteiger partial charge on any atom is -0.343 e. The maximum atomic E-state index is 12.4. The van der Waals surface area contributed by atoms with Crippen LogP contribution in [-0.2, 0) is 10.0 Å². The van der Waals surface area contributed by atoms with Crippen molar-refractivity contribution in [1.29, 1.82) is 0 Å². The topological polar surface area (TPSA) is 92.3 Å². The first-order chi connectivity index (χ1) is 11.3. The van der Waals surface area contributed by atoms with Crippen molar-refractivity contribution in [3.63, 3.8) is 0 Å². The number of rotatable bonds is 3. The van der Waals surface area contributed by atoms with Crippen LogP contribution in [-0.4, -0.2) is 42.2 Å². The summed E-state index contributed by atoms with van der Waals surface area (Å²) < 4.78 is 25.8. The van der Waals surface area contributed by atoms with E-state index in [1.807, 2.05) is 13.8 Å². The normalized spacial score (nSPS) is 19.9. The lowest BCUT2D eigenvalue weighted by Crippen LogP contribution is -2.42. The molecule has 3 heterocycles. The lowest BCUT2D eigenvalue weighted by molar-refractivity contribution is 0.0931. The van der Waals surface area contributed by atoms with Gasteiger partial charge in [0.25, 0.3) is 5.91 Å². The zero-order valence-electron chi connectivity index (χ0n) is 13.6. The van der Waals surface area contributed by atoms with Gasteiger partial charge in [0.15, 0.2) is 0 Å². The third-order valence-corrected chi connectivity index (χ3v) is 6.90. The zero-order valence-corrected chi connectivity index (χ0v) is 15.2. The molecule has 0 bridgehead atoms. The molecule has 2 aromatic heterocycles. The quantitative estimate of drug-likeness (QED) is 0.894. The van der Waals surface area contributed by atoms with Gasteiger partial charge in [0.05, 0.1) is 16.5 Å². The molecule has 128 valence electrons. The highest BCUT2D eigenvalue weighted by Gasteiger charge is 2.36. The number of fused-ring (bicyclic) bond motifs is 1. The van der Waals surface area contributed by atoms with E-state index in [0.717, 1.165) is 0 Å². The van der Waals surface area contributed by atoms with Crippen LogP contribution in [0, 0.1) is 0 Å². The predicted octanol–water partition coefficient (Wildman–Crippen LogP) is 1.77. The van der Waals surface area contributed by atoms with E-state index in [4.69, 9.17) is 0 Å². The van der Waals surface area contributed by atoms with Crippen molar-refractivity contribution in [1.82, 2.24) is 19.6 Å². The first-order valence-corrected chi connectivity index (χ1v) is 9.79. The fraction of sp³-hybridized carbons (Fsp3) is 0.400. The summed E-state index contributed by atoms with van der Waals surface area (Å²) in [6, 6.07) is 1.19. The number of thiophene rings is 1. The third kappa shape index (κ3) is 2.94. The maximum absolute atomic E-state index is 12.4. The van der Waals surface area contributed by atoms with Crippen LogP contribution in [0.5, 0.6) is 0 Å². The number of carbonyl (C=O) groups is 1. The average Bonchev–Trinajstić information content (AvgIpc) is 3.04. The molecular formula is C15H18N4O3S2. The van der Waals surface area contributed by atoms with Gasteiger partial charge < -0.3 is 5.32 Å². The fourth-order valence-electron chi connectivity index (χ4n) is 2.49. The second kappa shape index (κ2) is 6.23. The zero-order chi connectivity index (χ0) is 17.5. The van der Waals surface area contributed by atoms with Crippen LogP contribution in [0.1, 0.15) is 46.9 Å².